The van der Waals surface area contributed by atoms with Crippen molar-refractivity contribution in [2.75, 3.05) is 6.54 Å². The van der Waals surface area contributed by atoms with Crippen molar-refractivity contribution in [3.63, 3.8) is 0 Å². The van der Waals surface area contributed by atoms with Crippen LogP contribution < -0.4 is 5.73 Å². The minimum absolute atomic E-state index is 0.332. The molecule has 17 heavy (non-hydrogen) atoms. The lowest BCUT2D eigenvalue weighted by atomic mass is 10.2. The molecule has 0 spiro atoms. The molecule has 2 heterocycles. The second-order valence-corrected chi connectivity index (χ2v) is 4.51. The molecular weight excluding hydrogens is 238 g/mol. The van der Waals surface area contributed by atoms with Gasteiger partial charge < -0.3 is 15.4 Å². The zero-order valence-electron chi connectivity index (χ0n) is 9.11. The Hall–Kier alpha value is -1.66. The van der Waals surface area contributed by atoms with Gasteiger partial charge in [0.2, 0.25) is 0 Å². The van der Waals surface area contributed by atoms with E-state index in [-0.39, 0.29) is 0 Å². The lowest BCUT2D eigenvalue weighted by molar-refractivity contribution is -0.141. The van der Waals surface area contributed by atoms with Crippen molar-refractivity contribution in [3.8, 4) is 10.7 Å². The standard InChI is InChI=1S/C11H13N3O2S/c12-4-3-8(11(15)16)14-6-5-13-10(14)9-2-1-7-17-9/h1-2,5-8H,3-4,12H2,(H,15,16). The average Bonchev–Trinajstić information content (AvgIpc) is 2.95. The number of nitrogens with two attached hydrogens (primary N) is 1. The van der Waals surface area contributed by atoms with Gasteiger partial charge in [0.25, 0.3) is 0 Å². The van der Waals surface area contributed by atoms with E-state index in [0.29, 0.717) is 18.8 Å². The molecule has 0 amide bonds. The molecule has 6 heteroatoms. The van der Waals surface area contributed by atoms with Gasteiger partial charge in [0.1, 0.15) is 6.04 Å². The van der Waals surface area contributed by atoms with Crippen LogP contribution in [0.2, 0.25) is 0 Å². The lowest BCUT2D eigenvalue weighted by Crippen LogP contribution is -2.22. The molecule has 0 aliphatic carbocycles. The van der Waals surface area contributed by atoms with E-state index in [1.54, 1.807) is 17.0 Å². The first kappa shape index (κ1) is 11.8. The summed E-state index contributed by atoms with van der Waals surface area (Å²) in [6.07, 6.45) is 3.69. The Labute approximate surface area is 103 Å². The van der Waals surface area contributed by atoms with Gasteiger partial charge in [-0.1, -0.05) is 6.07 Å². The molecule has 90 valence electrons. The fourth-order valence-electron chi connectivity index (χ4n) is 1.70. The smallest absolute Gasteiger partial charge is 0.326 e. The van der Waals surface area contributed by atoms with Crippen LogP contribution in [0.15, 0.2) is 29.9 Å². The molecule has 1 unspecified atom stereocenters. The van der Waals surface area contributed by atoms with Gasteiger partial charge in [-0.2, -0.15) is 0 Å². The van der Waals surface area contributed by atoms with Crippen LogP contribution in [0.25, 0.3) is 10.7 Å². The highest BCUT2D eigenvalue weighted by Crippen LogP contribution is 2.26. The fraction of sp³-hybridized carbons (Fsp3) is 0.273. The average molecular weight is 251 g/mol. The molecule has 5 nitrogen and oxygen atoms in total. The molecule has 0 saturated heterocycles. The Morgan fingerprint density at radius 1 is 1.65 bits per heavy atom. The number of hydrogen-bond acceptors (Lipinski definition) is 4. The Morgan fingerprint density at radius 2 is 2.47 bits per heavy atom. The summed E-state index contributed by atoms with van der Waals surface area (Å²) in [6.45, 7) is 0.332. The minimum Gasteiger partial charge on any atom is -0.480 e. The van der Waals surface area contributed by atoms with Crippen molar-refractivity contribution in [1.82, 2.24) is 9.55 Å². The van der Waals surface area contributed by atoms with Gasteiger partial charge in [-0.15, -0.1) is 11.3 Å². The number of carbonyl (C=O) groups is 1. The summed E-state index contributed by atoms with van der Waals surface area (Å²) in [4.78, 5) is 16.4. The number of hydrogen-bond donors (Lipinski definition) is 2. The topological polar surface area (TPSA) is 81.1 Å². The molecule has 3 N–H and O–H groups in total. The molecule has 0 radical (unpaired) electrons. The number of imidazole rings is 1. The van der Waals surface area contributed by atoms with Crippen LogP contribution in [-0.2, 0) is 4.79 Å². The quantitative estimate of drug-likeness (QED) is 0.845. The fourth-order valence-corrected chi connectivity index (χ4v) is 2.42. The van der Waals surface area contributed by atoms with Crippen molar-refractivity contribution in [2.45, 2.75) is 12.5 Å². The molecule has 2 aromatic heterocycles. The molecule has 1 atom stereocenters. The maximum Gasteiger partial charge on any atom is 0.326 e. The Bertz CT molecular complexity index is 493. The number of carboxylic acid groups (broad SMARTS) is 1. The van der Waals surface area contributed by atoms with Gasteiger partial charge in [-0.3, -0.25) is 0 Å². The molecule has 0 bridgehead atoms. The molecule has 0 saturated carbocycles. The van der Waals surface area contributed by atoms with Crippen molar-refractivity contribution in [2.24, 2.45) is 5.73 Å². The second-order valence-electron chi connectivity index (χ2n) is 3.57. The highest BCUT2D eigenvalue weighted by molar-refractivity contribution is 7.13. The van der Waals surface area contributed by atoms with Gasteiger partial charge in [0.05, 0.1) is 4.88 Å². The second kappa shape index (κ2) is 5.11. The summed E-state index contributed by atoms with van der Waals surface area (Å²) in [5, 5.41) is 11.1. The maximum atomic E-state index is 11.2. The van der Waals surface area contributed by atoms with E-state index in [0.717, 1.165) is 4.88 Å². The van der Waals surface area contributed by atoms with Gasteiger partial charge in [-0.25, -0.2) is 9.78 Å². The van der Waals surface area contributed by atoms with Gasteiger partial charge in [0.15, 0.2) is 5.82 Å². The highest BCUT2D eigenvalue weighted by atomic mass is 32.1. The normalized spacial score (nSPS) is 12.5. The van der Waals surface area contributed by atoms with E-state index >= 15 is 0 Å². The molecule has 2 rings (SSSR count). The number of thiophene rings is 1. The van der Waals surface area contributed by atoms with Crippen molar-refractivity contribution in [3.05, 3.63) is 29.9 Å². The summed E-state index contributed by atoms with van der Waals surface area (Å²) in [7, 11) is 0. The Balaban J connectivity index is 2.38. The SMILES string of the molecule is NCCC(C(=O)O)n1ccnc1-c1cccs1. The third-order valence-electron chi connectivity index (χ3n) is 2.47. The lowest BCUT2D eigenvalue weighted by Gasteiger charge is -2.15. The Morgan fingerprint density at radius 3 is 3.06 bits per heavy atom. The molecule has 2 aromatic rings. The van der Waals surface area contributed by atoms with E-state index in [9.17, 15) is 9.90 Å². The van der Waals surface area contributed by atoms with Crippen LogP contribution in [0.5, 0.6) is 0 Å². The van der Waals surface area contributed by atoms with Crippen LogP contribution in [0.3, 0.4) is 0 Å². The molecule has 0 fully saturated rings. The third kappa shape index (κ3) is 2.37. The molecule has 0 aliphatic rings. The summed E-state index contributed by atoms with van der Waals surface area (Å²) in [5.74, 6) is -0.202. The maximum absolute atomic E-state index is 11.2. The first-order valence-electron chi connectivity index (χ1n) is 5.23. The van der Waals surface area contributed by atoms with Gasteiger partial charge in [0, 0.05) is 12.4 Å². The number of aliphatic carboxylic acids is 1. The van der Waals surface area contributed by atoms with Crippen molar-refractivity contribution < 1.29 is 9.90 Å². The highest BCUT2D eigenvalue weighted by Gasteiger charge is 2.21. The summed E-state index contributed by atoms with van der Waals surface area (Å²) >= 11 is 1.53. The molecular formula is C11H13N3O2S. The first-order valence-corrected chi connectivity index (χ1v) is 6.11. The van der Waals surface area contributed by atoms with E-state index in [1.165, 1.54) is 11.3 Å². The largest absolute Gasteiger partial charge is 0.480 e. The predicted octanol–water partition coefficient (Wildman–Crippen LogP) is 1.59. The van der Waals surface area contributed by atoms with Gasteiger partial charge in [-0.05, 0) is 24.4 Å². The van der Waals surface area contributed by atoms with Crippen LogP contribution in [0.4, 0.5) is 0 Å². The van der Waals surface area contributed by atoms with Crippen molar-refractivity contribution in [1.29, 1.82) is 0 Å². The van der Waals surface area contributed by atoms with Gasteiger partial charge >= 0.3 is 5.97 Å². The first-order chi connectivity index (χ1) is 8.24. The zero-order chi connectivity index (χ0) is 12.3. The van der Waals surface area contributed by atoms with Crippen LogP contribution in [-0.4, -0.2) is 27.2 Å². The van der Waals surface area contributed by atoms with Crippen molar-refractivity contribution >= 4 is 17.3 Å². The van der Waals surface area contributed by atoms with E-state index in [4.69, 9.17) is 5.73 Å². The van der Waals surface area contributed by atoms with E-state index in [1.807, 2.05) is 17.5 Å². The van der Waals surface area contributed by atoms with Crippen LogP contribution >= 0.6 is 11.3 Å². The minimum atomic E-state index is -0.883. The van der Waals surface area contributed by atoms with Crippen LogP contribution in [0, 0.1) is 0 Å². The molecule has 0 aliphatic heterocycles. The third-order valence-corrected chi connectivity index (χ3v) is 3.34. The number of rotatable bonds is 5. The number of nitrogens with zero attached hydrogens (tertiary/aromatic N) is 2. The summed E-state index contributed by atoms with van der Waals surface area (Å²) in [6, 6.07) is 3.18. The number of carboxylic acids is 1. The molecule has 0 aromatic carbocycles. The number of aromatic nitrogens is 2. The van der Waals surface area contributed by atoms with Crippen LogP contribution in [0.1, 0.15) is 12.5 Å². The van der Waals surface area contributed by atoms with E-state index < -0.39 is 12.0 Å². The monoisotopic (exact) mass is 251 g/mol. The predicted molar refractivity (Wildman–Crippen MR) is 65.9 cm³/mol. The summed E-state index contributed by atoms with van der Waals surface area (Å²) in [5.41, 5.74) is 5.45. The Kier molecular flexibility index (Phi) is 3.55. The summed E-state index contributed by atoms with van der Waals surface area (Å²) < 4.78 is 1.67. The van der Waals surface area contributed by atoms with E-state index in [2.05, 4.69) is 4.98 Å². The zero-order valence-corrected chi connectivity index (χ0v) is 9.93.